The lowest BCUT2D eigenvalue weighted by atomic mass is 10.0. The van der Waals surface area contributed by atoms with Crippen LogP contribution >= 0.6 is 23.2 Å². The van der Waals surface area contributed by atoms with Crippen LogP contribution in [0.5, 0.6) is 0 Å². The van der Waals surface area contributed by atoms with Gasteiger partial charge in [0.25, 0.3) is 0 Å². The van der Waals surface area contributed by atoms with E-state index in [9.17, 15) is 0 Å². The fourth-order valence-electron chi connectivity index (χ4n) is 3.89. The average Bonchev–Trinajstić information content (AvgIpc) is 3.07. The predicted molar refractivity (Wildman–Crippen MR) is 107 cm³/mol. The van der Waals surface area contributed by atoms with Crippen molar-refractivity contribution in [1.82, 2.24) is 14.2 Å². The Bertz CT molecular complexity index is 1110. The summed E-state index contributed by atoms with van der Waals surface area (Å²) >= 11 is 12.5. The Labute approximate surface area is 161 Å². The quantitative estimate of drug-likeness (QED) is 0.410. The third-order valence-electron chi connectivity index (χ3n) is 5.11. The Morgan fingerprint density at radius 1 is 0.885 bits per heavy atom. The van der Waals surface area contributed by atoms with Crippen LogP contribution < -0.4 is 0 Å². The minimum Gasteiger partial charge on any atom is -0.309 e. The molecule has 1 aliphatic rings. The van der Waals surface area contributed by atoms with Crippen LogP contribution in [0.15, 0.2) is 54.7 Å². The van der Waals surface area contributed by atoms with Crippen molar-refractivity contribution < 1.29 is 0 Å². The molecule has 3 nitrogen and oxygen atoms in total. The summed E-state index contributed by atoms with van der Waals surface area (Å²) in [4.78, 5) is 0. The van der Waals surface area contributed by atoms with Crippen LogP contribution in [0.2, 0.25) is 10.0 Å². The zero-order valence-electron chi connectivity index (χ0n) is 14.1. The maximum Gasteiger partial charge on any atom is 0.163 e. The molecule has 4 aromatic rings. The van der Waals surface area contributed by atoms with Crippen LogP contribution in [-0.4, -0.2) is 14.2 Å². The van der Waals surface area contributed by atoms with E-state index in [-0.39, 0.29) is 0 Å². The smallest absolute Gasteiger partial charge is 0.163 e. The summed E-state index contributed by atoms with van der Waals surface area (Å²) in [6.07, 6.45) is 5.50. The van der Waals surface area contributed by atoms with Gasteiger partial charge in [0, 0.05) is 34.5 Å². The van der Waals surface area contributed by atoms with Crippen molar-refractivity contribution in [2.45, 2.75) is 25.8 Å². The van der Waals surface area contributed by atoms with Gasteiger partial charge in [0.05, 0.1) is 5.02 Å². The van der Waals surface area contributed by atoms with E-state index in [4.69, 9.17) is 28.3 Å². The first-order valence-electron chi connectivity index (χ1n) is 8.84. The van der Waals surface area contributed by atoms with E-state index in [2.05, 4.69) is 22.9 Å². The molecule has 5 rings (SSSR count). The normalized spacial score (nSPS) is 13.9. The summed E-state index contributed by atoms with van der Waals surface area (Å²) in [5.74, 6) is 0.941. The summed E-state index contributed by atoms with van der Waals surface area (Å²) < 4.78 is 4.34. The highest BCUT2D eigenvalue weighted by atomic mass is 35.5. The molecule has 0 bridgehead atoms. The minimum atomic E-state index is 0.737. The SMILES string of the molecule is Clc1ccc(-c2cn3nc(-c4ccccc4Cl)n4c3c2CCCC4)cc1. The number of hydrogen-bond acceptors (Lipinski definition) is 1. The van der Waals surface area contributed by atoms with Crippen molar-refractivity contribution in [3.8, 4) is 22.5 Å². The van der Waals surface area contributed by atoms with Gasteiger partial charge in [-0.25, -0.2) is 4.52 Å². The van der Waals surface area contributed by atoms with E-state index < -0.39 is 0 Å². The Kier molecular flexibility index (Phi) is 3.80. The fraction of sp³-hybridized carbons (Fsp3) is 0.190. The van der Waals surface area contributed by atoms with Gasteiger partial charge >= 0.3 is 0 Å². The molecule has 5 heteroatoms. The molecule has 0 atom stereocenters. The molecule has 26 heavy (non-hydrogen) atoms. The number of nitrogens with zero attached hydrogens (tertiary/aromatic N) is 3. The fourth-order valence-corrected chi connectivity index (χ4v) is 4.24. The van der Waals surface area contributed by atoms with E-state index >= 15 is 0 Å². The van der Waals surface area contributed by atoms with Crippen molar-refractivity contribution in [2.24, 2.45) is 0 Å². The van der Waals surface area contributed by atoms with Gasteiger partial charge in [-0.2, -0.15) is 0 Å². The van der Waals surface area contributed by atoms with E-state index in [1.807, 2.05) is 40.9 Å². The summed E-state index contributed by atoms with van der Waals surface area (Å²) in [5.41, 5.74) is 5.95. The molecule has 130 valence electrons. The van der Waals surface area contributed by atoms with Crippen LogP contribution in [0.3, 0.4) is 0 Å². The van der Waals surface area contributed by atoms with Gasteiger partial charge in [0.15, 0.2) is 5.82 Å². The second-order valence-corrected chi connectivity index (χ2v) is 7.55. The molecule has 0 spiro atoms. The van der Waals surface area contributed by atoms with Crippen LogP contribution in [0, 0.1) is 0 Å². The molecule has 0 amide bonds. The molecule has 0 unspecified atom stereocenters. The maximum absolute atomic E-state index is 6.45. The number of halogens is 2. The number of benzene rings is 2. The van der Waals surface area contributed by atoms with Crippen LogP contribution in [-0.2, 0) is 13.0 Å². The van der Waals surface area contributed by atoms with Crippen molar-refractivity contribution in [2.75, 3.05) is 0 Å². The zero-order valence-corrected chi connectivity index (χ0v) is 15.6. The molecule has 2 aromatic carbocycles. The lowest BCUT2D eigenvalue weighted by molar-refractivity contribution is 0.645. The second kappa shape index (κ2) is 6.19. The number of aromatic nitrogens is 3. The molecule has 0 fully saturated rings. The molecular formula is C21H17Cl2N3. The topological polar surface area (TPSA) is 22.2 Å². The Balaban J connectivity index is 1.75. The first-order valence-corrected chi connectivity index (χ1v) is 9.59. The van der Waals surface area contributed by atoms with Crippen molar-refractivity contribution in [3.63, 3.8) is 0 Å². The highest BCUT2D eigenvalue weighted by molar-refractivity contribution is 6.33. The first-order chi connectivity index (χ1) is 12.7. The summed E-state index contributed by atoms with van der Waals surface area (Å²) in [5, 5.41) is 6.38. The molecule has 0 saturated heterocycles. The molecule has 0 radical (unpaired) electrons. The Morgan fingerprint density at radius 3 is 2.50 bits per heavy atom. The summed E-state index contributed by atoms with van der Waals surface area (Å²) in [6, 6.07) is 16.0. The van der Waals surface area contributed by atoms with Gasteiger partial charge < -0.3 is 4.57 Å². The Hall–Kier alpha value is -2.23. The van der Waals surface area contributed by atoms with E-state index in [1.165, 1.54) is 28.8 Å². The highest BCUT2D eigenvalue weighted by Crippen LogP contribution is 2.36. The van der Waals surface area contributed by atoms with Gasteiger partial charge in [-0.1, -0.05) is 47.5 Å². The van der Waals surface area contributed by atoms with Gasteiger partial charge in [-0.05, 0) is 49.1 Å². The first kappa shape index (κ1) is 16.0. The second-order valence-electron chi connectivity index (χ2n) is 6.71. The van der Waals surface area contributed by atoms with E-state index in [1.54, 1.807) is 0 Å². The molecule has 0 N–H and O–H groups in total. The molecule has 2 aromatic heterocycles. The molecule has 1 aliphatic heterocycles. The van der Waals surface area contributed by atoms with Gasteiger partial charge in [0.2, 0.25) is 0 Å². The van der Waals surface area contributed by atoms with Crippen LogP contribution in [0.25, 0.3) is 28.2 Å². The summed E-state index contributed by atoms with van der Waals surface area (Å²) in [6.45, 7) is 0.959. The maximum atomic E-state index is 6.45. The molecule has 0 aliphatic carbocycles. The summed E-state index contributed by atoms with van der Waals surface area (Å²) in [7, 11) is 0. The highest BCUT2D eigenvalue weighted by Gasteiger charge is 2.23. The zero-order chi connectivity index (χ0) is 17.7. The largest absolute Gasteiger partial charge is 0.309 e. The standard InChI is InChI=1S/C21H17Cl2N3/c22-15-10-8-14(9-11-15)18-13-26-21-16(18)5-3-4-12-25(21)20(24-26)17-6-1-2-7-19(17)23/h1-2,6-11,13H,3-5,12H2. The van der Waals surface area contributed by atoms with Gasteiger partial charge in [-0.3, -0.25) is 0 Å². The molecular weight excluding hydrogens is 365 g/mol. The van der Waals surface area contributed by atoms with Gasteiger partial charge in [0.1, 0.15) is 5.65 Å². The van der Waals surface area contributed by atoms with Crippen molar-refractivity contribution >= 4 is 28.8 Å². The van der Waals surface area contributed by atoms with Crippen LogP contribution in [0.4, 0.5) is 0 Å². The average molecular weight is 382 g/mol. The van der Waals surface area contributed by atoms with Crippen molar-refractivity contribution in [3.05, 3.63) is 70.3 Å². The number of hydrogen-bond donors (Lipinski definition) is 0. The minimum absolute atomic E-state index is 0.737. The lowest BCUT2D eigenvalue weighted by Gasteiger charge is -2.07. The third-order valence-corrected chi connectivity index (χ3v) is 5.69. The Morgan fingerprint density at radius 2 is 1.69 bits per heavy atom. The monoisotopic (exact) mass is 381 g/mol. The van der Waals surface area contributed by atoms with E-state index in [0.29, 0.717) is 0 Å². The van der Waals surface area contributed by atoms with Gasteiger partial charge in [-0.15, -0.1) is 5.10 Å². The molecule has 3 heterocycles. The lowest BCUT2D eigenvalue weighted by Crippen LogP contribution is -2.00. The van der Waals surface area contributed by atoms with Crippen molar-refractivity contribution in [1.29, 1.82) is 0 Å². The predicted octanol–water partition coefficient (Wildman–Crippen LogP) is 6.11. The van der Waals surface area contributed by atoms with Crippen LogP contribution in [0.1, 0.15) is 18.4 Å². The molecule has 0 saturated carbocycles. The number of aryl methyl sites for hydroxylation is 2. The number of rotatable bonds is 2. The third kappa shape index (κ3) is 2.46. The van der Waals surface area contributed by atoms with E-state index in [0.717, 1.165) is 40.8 Å².